The molecule has 180 valence electrons. The van der Waals surface area contributed by atoms with Gasteiger partial charge < -0.3 is 15.5 Å². The predicted molar refractivity (Wildman–Crippen MR) is 146 cm³/mol. The molecule has 0 spiro atoms. The number of carbonyl (C=O) groups is 2. The Labute approximate surface area is 215 Å². The Bertz CT molecular complexity index is 1380. The number of nitrogens with zero attached hydrogens (tertiary/aromatic N) is 1. The lowest BCUT2D eigenvalue weighted by Crippen LogP contribution is -2.32. The van der Waals surface area contributed by atoms with E-state index < -0.39 is 0 Å². The van der Waals surface area contributed by atoms with Gasteiger partial charge in [-0.25, -0.2) is 4.79 Å². The summed E-state index contributed by atoms with van der Waals surface area (Å²) < 4.78 is 0. The molecule has 0 saturated heterocycles. The quantitative estimate of drug-likeness (QED) is 0.306. The smallest absolute Gasteiger partial charge is 0.319 e. The minimum Gasteiger partial charge on any atom is -0.337 e. The summed E-state index contributed by atoms with van der Waals surface area (Å²) in [5, 5.41) is 5.90. The molecule has 0 aliphatic carbocycles. The molecule has 1 unspecified atom stereocenters. The third-order valence-corrected chi connectivity index (χ3v) is 7.35. The van der Waals surface area contributed by atoms with Gasteiger partial charge in [0.2, 0.25) is 0 Å². The van der Waals surface area contributed by atoms with Crippen LogP contribution in [0.15, 0.2) is 113 Å². The molecule has 1 atom stereocenters. The largest absolute Gasteiger partial charge is 0.337 e. The van der Waals surface area contributed by atoms with Crippen molar-refractivity contribution in [2.24, 2.45) is 0 Å². The molecule has 0 bridgehead atoms. The van der Waals surface area contributed by atoms with Crippen molar-refractivity contribution in [1.29, 1.82) is 0 Å². The fourth-order valence-corrected chi connectivity index (χ4v) is 5.30. The van der Waals surface area contributed by atoms with Gasteiger partial charge >= 0.3 is 6.03 Å². The number of carbonyl (C=O) groups excluding carboxylic acids is 2. The molecule has 1 heterocycles. The minimum absolute atomic E-state index is 0.0565. The summed E-state index contributed by atoms with van der Waals surface area (Å²) in [6, 6.07) is 33.2. The molecule has 0 aromatic heterocycles. The highest BCUT2D eigenvalue weighted by atomic mass is 32.2. The van der Waals surface area contributed by atoms with Crippen LogP contribution in [0.5, 0.6) is 0 Å². The molecule has 4 aromatic carbocycles. The third kappa shape index (κ3) is 5.29. The van der Waals surface area contributed by atoms with E-state index in [4.69, 9.17) is 0 Å². The first-order valence-corrected chi connectivity index (χ1v) is 12.8. The fourth-order valence-electron chi connectivity index (χ4n) is 4.24. The first-order chi connectivity index (χ1) is 17.6. The van der Waals surface area contributed by atoms with Crippen molar-refractivity contribution in [3.63, 3.8) is 0 Å². The van der Waals surface area contributed by atoms with Crippen LogP contribution in [0.4, 0.5) is 16.2 Å². The summed E-state index contributed by atoms with van der Waals surface area (Å²) in [5.74, 6) is 0.136. The topological polar surface area (TPSA) is 61.4 Å². The van der Waals surface area contributed by atoms with Crippen LogP contribution in [0, 0.1) is 0 Å². The van der Waals surface area contributed by atoms with Gasteiger partial charge in [-0.1, -0.05) is 91.5 Å². The molecule has 1 aliphatic heterocycles. The lowest BCUT2D eigenvalue weighted by molar-refractivity contribution is 0.0982. The van der Waals surface area contributed by atoms with Crippen LogP contribution in [0.1, 0.15) is 34.3 Å². The van der Waals surface area contributed by atoms with E-state index in [9.17, 15) is 9.59 Å². The summed E-state index contributed by atoms with van der Waals surface area (Å²) >= 11 is 1.57. The van der Waals surface area contributed by atoms with Gasteiger partial charge in [0.25, 0.3) is 5.91 Å². The van der Waals surface area contributed by atoms with E-state index in [1.54, 1.807) is 16.7 Å². The molecule has 0 fully saturated rings. The molecule has 6 heteroatoms. The third-order valence-electron chi connectivity index (χ3n) is 6.21. The zero-order chi connectivity index (χ0) is 24.9. The maximum absolute atomic E-state index is 13.7. The number of hydrogen-bond acceptors (Lipinski definition) is 3. The number of rotatable bonds is 6. The molecule has 3 amide bonds. The van der Waals surface area contributed by atoms with E-state index in [1.165, 1.54) is 5.56 Å². The molecular weight excluding hydrogens is 466 g/mol. The number of urea groups is 1. The van der Waals surface area contributed by atoms with Crippen LogP contribution in [0.2, 0.25) is 0 Å². The molecule has 2 N–H and O–H groups in total. The molecule has 5 nitrogen and oxygen atoms in total. The summed E-state index contributed by atoms with van der Waals surface area (Å²) in [7, 11) is 0. The van der Waals surface area contributed by atoms with Crippen LogP contribution in [-0.2, 0) is 6.54 Å². The van der Waals surface area contributed by atoms with Crippen LogP contribution < -0.4 is 15.5 Å². The zero-order valence-corrected chi connectivity index (χ0v) is 20.8. The van der Waals surface area contributed by atoms with Gasteiger partial charge in [-0.2, -0.15) is 0 Å². The van der Waals surface area contributed by atoms with Gasteiger partial charge in [-0.3, -0.25) is 4.79 Å². The summed E-state index contributed by atoms with van der Waals surface area (Å²) in [6.07, 6.45) is 0. The SMILES string of the molecule is CC(CNC(=O)Nc1ccc2c(c1)N(Cc1ccccc1)C(=O)c1ccccc1S2)c1ccccc1. The Hall–Kier alpha value is -4.03. The average Bonchev–Trinajstić information content (AvgIpc) is 3.03. The second kappa shape index (κ2) is 10.7. The second-order valence-corrected chi connectivity index (χ2v) is 9.89. The van der Waals surface area contributed by atoms with Gasteiger partial charge in [-0.15, -0.1) is 0 Å². The van der Waals surface area contributed by atoms with Crippen molar-refractivity contribution in [2.75, 3.05) is 16.8 Å². The van der Waals surface area contributed by atoms with Crippen molar-refractivity contribution in [2.45, 2.75) is 29.2 Å². The van der Waals surface area contributed by atoms with Crippen LogP contribution >= 0.6 is 11.8 Å². The lowest BCUT2D eigenvalue weighted by Gasteiger charge is -2.24. The lowest BCUT2D eigenvalue weighted by atomic mass is 10.0. The van der Waals surface area contributed by atoms with Gasteiger partial charge in [-0.05, 0) is 47.4 Å². The minimum atomic E-state index is -0.275. The molecule has 4 aromatic rings. The van der Waals surface area contributed by atoms with Crippen LogP contribution in [-0.4, -0.2) is 18.5 Å². The van der Waals surface area contributed by atoms with E-state index in [1.807, 2.05) is 91.0 Å². The second-order valence-electron chi connectivity index (χ2n) is 8.80. The summed E-state index contributed by atoms with van der Waals surface area (Å²) in [6.45, 7) is 3.04. The van der Waals surface area contributed by atoms with Crippen molar-refractivity contribution >= 4 is 35.1 Å². The highest BCUT2D eigenvalue weighted by Gasteiger charge is 2.27. The number of nitrogens with one attached hydrogen (secondary N) is 2. The van der Waals surface area contributed by atoms with Crippen LogP contribution in [0.25, 0.3) is 0 Å². The highest BCUT2D eigenvalue weighted by Crippen LogP contribution is 2.43. The van der Waals surface area contributed by atoms with Gasteiger partial charge in [0, 0.05) is 22.0 Å². The number of hydrogen-bond donors (Lipinski definition) is 2. The van der Waals surface area contributed by atoms with Gasteiger partial charge in [0.1, 0.15) is 0 Å². The maximum Gasteiger partial charge on any atom is 0.319 e. The molecule has 5 rings (SSSR count). The summed E-state index contributed by atoms with van der Waals surface area (Å²) in [4.78, 5) is 30.0. The van der Waals surface area contributed by atoms with E-state index in [0.717, 1.165) is 21.0 Å². The molecule has 36 heavy (non-hydrogen) atoms. The zero-order valence-electron chi connectivity index (χ0n) is 20.0. The Morgan fingerprint density at radius 1 is 0.861 bits per heavy atom. The van der Waals surface area contributed by atoms with E-state index in [2.05, 4.69) is 29.7 Å². The summed E-state index contributed by atoms with van der Waals surface area (Å²) in [5.41, 5.74) is 4.30. The Balaban J connectivity index is 1.38. The molecule has 0 saturated carbocycles. The van der Waals surface area contributed by atoms with Crippen molar-refractivity contribution in [3.05, 3.63) is 120 Å². The first kappa shape index (κ1) is 23.7. The van der Waals surface area contributed by atoms with Crippen LogP contribution in [0.3, 0.4) is 0 Å². The number of benzene rings is 4. The van der Waals surface area contributed by atoms with Crippen molar-refractivity contribution in [3.8, 4) is 0 Å². The van der Waals surface area contributed by atoms with Crippen molar-refractivity contribution < 1.29 is 9.59 Å². The standard InChI is InChI=1S/C30H27N3O2S/c1-21(23-12-6-3-7-13-23)19-31-30(35)32-24-16-17-28-26(18-24)33(20-22-10-4-2-5-11-22)29(34)25-14-8-9-15-27(25)36-28/h2-18,21H,19-20H2,1H3,(H2,31,32,35). The fraction of sp³-hybridized carbons (Fsp3) is 0.133. The highest BCUT2D eigenvalue weighted by molar-refractivity contribution is 7.99. The monoisotopic (exact) mass is 493 g/mol. The normalized spacial score (nSPS) is 13.2. The Morgan fingerprint density at radius 2 is 1.56 bits per heavy atom. The van der Waals surface area contributed by atoms with Gasteiger partial charge in [0.05, 0.1) is 17.8 Å². The number of anilines is 2. The first-order valence-electron chi connectivity index (χ1n) is 11.9. The molecular formula is C30H27N3O2S. The number of amides is 3. The Morgan fingerprint density at radius 3 is 2.33 bits per heavy atom. The molecule has 0 radical (unpaired) electrons. The number of fused-ring (bicyclic) bond motifs is 2. The van der Waals surface area contributed by atoms with E-state index in [-0.39, 0.29) is 17.9 Å². The van der Waals surface area contributed by atoms with Crippen molar-refractivity contribution in [1.82, 2.24) is 5.32 Å². The van der Waals surface area contributed by atoms with E-state index >= 15 is 0 Å². The Kier molecular flexibility index (Phi) is 7.05. The maximum atomic E-state index is 13.7. The predicted octanol–water partition coefficient (Wildman–Crippen LogP) is 6.92. The average molecular weight is 494 g/mol. The van der Waals surface area contributed by atoms with Gasteiger partial charge in [0.15, 0.2) is 0 Å². The molecule has 1 aliphatic rings. The van der Waals surface area contributed by atoms with E-state index in [0.29, 0.717) is 24.3 Å².